The van der Waals surface area contributed by atoms with Crippen LogP contribution in [0.3, 0.4) is 0 Å². The van der Waals surface area contributed by atoms with E-state index in [1.807, 2.05) is 66.7 Å². The van der Waals surface area contributed by atoms with Gasteiger partial charge in [0.15, 0.2) is 0 Å². The van der Waals surface area contributed by atoms with Crippen LogP contribution in [0.5, 0.6) is 0 Å². The first kappa shape index (κ1) is 26.8. The first-order chi connectivity index (χ1) is 13.0. The van der Waals surface area contributed by atoms with Gasteiger partial charge in [-0.05, 0) is 18.1 Å². The van der Waals surface area contributed by atoms with Crippen molar-refractivity contribution in [1.82, 2.24) is 9.78 Å². The minimum absolute atomic E-state index is 0.00750. The third-order valence-corrected chi connectivity index (χ3v) is 3.18. The van der Waals surface area contributed by atoms with Crippen LogP contribution in [0.2, 0.25) is 0 Å². The lowest BCUT2D eigenvalue weighted by atomic mass is 10.1. The highest BCUT2D eigenvalue weighted by Gasteiger charge is 2.21. The van der Waals surface area contributed by atoms with Crippen molar-refractivity contribution < 1.29 is 0 Å². The van der Waals surface area contributed by atoms with E-state index in [0.29, 0.717) is 0 Å². The molecule has 3 rings (SSSR count). The van der Waals surface area contributed by atoms with Gasteiger partial charge in [0, 0.05) is 5.39 Å². The molecule has 5 nitrogen and oxygen atoms in total. The quantitative estimate of drug-likeness (QED) is 0.620. The highest BCUT2D eigenvalue weighted by molar-refractivity contribution is 5.82. The number of nitrogens with zero attached hydrogens (tertiary/aromatic N) is 2. The van der Waals surface area contributed by atoms with Gasteiger partial charge < -0.3 is 5.73 Å². The van der Waals surface area contributed by atoms with Crippen molar-refractivity contribution in [1.29, 1.82) is 0 Å². The average molecular weight is 376 g/mol. The molecule has 0 radical (unpaired) electrons. The molecule has 3 aromatic rings. The van der Waals surface area contributed by atoms with Crippen LogP contribution in [-0.4, -0.2) is 9.78 Å². The van der Waals surface area contributed by atoms with Crippen molar-refractivity contribution in [3.05, 3.63) is 50.4 Å². The van der Waals surface area contributed by atoms with Crippen LogP contribution >= 0.6 is 0 Å². The third kappa shape index (κ3) is 6.35. The molecule has 0 aliphatic heterocycles. The number of aromatic nitrogens is 2. The molecule has 0 aliphatic carbocycles. The number of nitrogen functional groups attached to an aromatic ring is 1. The van der Waals surface area contributed by atoms with Crippen molar-refractivity contribution in [2.45, 2.75) is 75.2 Å². The molecule has 0 fully saturated rings. The molecular weight excluding hydrogens is 338 g/mol. The number of aryl methyl sites for hydroxylation is 1. The molecule has 0 spiro atoms. The molecule has 1 heterocycles. The Bertz CT molecular complexity index is 841. The van der Waals surface area contributed by atoms with Crippen molar-refractivity contribution >= 4 is 16.6 Å². The molecule has 27 heavy (non-hydrogen) atoms. The van der Waals surface area contributed by atoms with E-state index in [0.717, 1.165) is 22.9 Å². The van der Waals surface area contributed by atoms with E-state index in [1.54, 1.807) is 6.20 Å². The monoisotopic (exact) mass is 375 g/mol. The first-order valence-corrected chi connectivity index (χ1v) is 10.1. The summed E-state index contributed by atoms with van der Waals surface area (Å²) in [5, 5.41) is 5.05. The Morgan fingerprint density at radius 3 is 1.89 bits per heavy atom. The summed E-state index contributed by atoms with van der Waals surface area (Å²) in [6, 6.07) is 5.91. The van der Waals surface area contributed by atoms with Gasteiger partial charge in [-0.15, -0.1) is 0 Å². The summed E-state index contributed by atoms with van der Waals surface area (Å²) in [6.07, 6.45) is 3.80. The Hall–Kier alpha value is -2.43. The maximum atomic E-state index is 11.5. The highest BCUT2D eigenvalue weighted by Crippen LogP contribution is 2.20. The van der Waals surface area contributed by atoms with E-state index < -0.39 is 10.9 Å². The van der Waals surface area contributed by atoms with Crippen LogP contribution in [0.15, 0.2) is 34.0 Å². The SMILES string of the molecule is CC.CC.CC.CCC.CCc1ccc2cnn(-c3c(N)c(=O)c3=O)c2c1. The van der Waals surface area contributed by atoms with Gasteiger partial charge >= 0.3 is 0 Å². The number of rotatable bonds is 2. The van der Waals surface area contributed by atoms with Gasteiger partial charge in [-0.25, -0.2) is 4.68 Å². The lowest BCUT2D eigenvalue weighted by Gasteiger charge is -2.08. The van der Waals surface area contributed by atoms with Gasteiger partial charge in [0.2, 0.25) is 0 Å². The zero-order valence-corrected chi connectivity index (χ0v) is 18.5. The van der Waals surface area contributed by atoms with Gasteiger partial charge in [-0.1, -0.05) is 80.9 Å². The largest absolute Gasteiger partial charge is 0.394 e. The number of nitrogens with two attached hydrogens (primary N) is 1. The number of benzene rings is 1. The predicted octanol–water partition coefficient (Wildman–Crippen LogP) is 5.26. The summed E-state index contributed by atoms with van der Waals surface area (Å²) < 4.78 is 1.45. The first-order valence-electron chi connectivity index (χ1n) is 10.1. The average Bonchev–Trinajstić information content (AvgIpc) is 3.15. The van der Waals surface area contributed by atoms with Crippen molar-refractivity contribution in [3.8, 4) is 5.69 Å². The minimum Gasteiger partial charge on any atom is -0.394 e. The van der Waals surface area contributed by atoms with E-state index in [9.17, 15) is 9.59 Å². The number of anilines is 1. The normalized spacial score (nSPS) is 8.93. The van der Waals surface area contributed by atoms with Gasteiger partial charge in [0.25, 0.3) is 10.9 Å². The molecule has 5 heteroatoms. The topological polar surface area (TPSA) is 78.0 Å². The molecule has 0 atom stereocenters. The van der Waals surface area contributed by atoms with Gasteiger partial charge in [-0.2, -0.15) is 5.10 Å². The Labute approximate surface area is 163 Å². The highest BCUT2D eigenvalue weighted by atomic mass is 16.2. The van der Waals surface area contributed by atoms with E-state index in [2.05, 4.69) is 18.9 Å². The fraction of sp³-hybridized carbons (Fsp3) is 0.500. The summed E-state index contributed by atoms with van der Waals surface area (Å²) in [5.74, 6) is 0. The Morgan fingerprint density at radius 2 is 1.44 bits per heavy atom. The molecule has 152 valence electrons. The Morgan fingerprint density at radius 1 is 0.926 bits per heavy atom. The van der Waals surface area contributed by atoms with E-state index in [-0.39, 0.29) is 11.4 Å². The lowest BCUT2D eigenvalue weighted by molar-refractivity contribution is 0.892. The van der Waals surface area contributed by atoms with Gasteiger partial charge in [0.1, 0.15) is 11.4 Å². The van der Waals surface area contributed by atoms with Crippen LogP contribution < -0.4 is 16.6 Å². The maximum Gasteiger partial charge on any atom is 0.255 e. The molecule has 2 N–H and O–H groups in total. The van der Waals surface area contributed by atoms with Crippen LogP contribution in [0, 0.1) is 0 Å². The van der Waals surface area contributed by atoms with Crippen molar-refractivity contribution in [2.24, 2.45) is 0 Å². The standard InChI is InChI=1S/C13H11N3O2.C3H8.3C2H6/c1-2-7-3-4-8-6-15-16(9(8)5-7)11-10(14)12(17)13(11)18;1-3-2;3*1-2/h3-6H,2,14H2,1H3;3H2,1-2H3;3*1-2H3. The summed E-state index contributed by atoms with van der Waals surface area (Å²) >= 11 is 0. The van der Waals surface area contributed by atoms with E-state index in [4.69, 9.17) is 5.73 Å². The molecule has 1 aromatic heterocycles. The summed E-state index contributed by atoms with van der Waals surface area (Å²) in [6.45, 7) is 18.3. The summed E-state index contributed by atoms with van der Waals surface area (Å²) in [5.41, 5.74) is 6.48. The van der Waals surface area contributed by atoms with Crippen LogP contribution in [0.1, 0.15) is 74.3 Å². The minimum atomic E-state index is -0.625. The Balaban J connectivity index is 0. The van der Waals surface area contributed by atoms with Gasteiger partial charge in [-0.3, -0.25) is 9.59 Å². The maximum absolute atomic E-state index is 11.5. The zero-order valence-electron chi connectivity index (χ0n) is 18.5. The Kier molecular flexibility index (Phi) is 14.6. The molecular formula is C22H37N3O2. The molecule has 0 amide bonds. The predicted molar refractivity (Wildman–Crippen MR) is 120 cm³/mol. The second-order valence-corrected chi connectivity index (χ2v) is 4.93. The van der Waals surface area contributed by atoms with E-state index >= 15 is 0 Å². The fourth-order valence-corrected chi connectivity index (χ4v) is 2.07. The molecule has 0 unspecified atom stereocenters. The van der Waals surface area contributed by atoms with Crippen LogP contribution in [0.25, 0.3) is 16.6 Å². The fourth-order valence-electron chi connectivity index (χ4n) is 2.07. The number of fused-ring (bicyclic) bond motifs is 1. The smallest absolute Gasteiger partial charge is 0.255 e. The molecule has 0 bridgehead atoms. The summed E-state index contributed by atoms with van der Waals surface area (Å²) in [4.78, 5) is 22.7. The lowest BCUT2D eigenvalue weighted by Crippen LogP contribution is -2.38. The molecule has 2 aromatic carbocycles. The van der Waals surface area contributed by atoms with Crippen LogP contribution in [0.4, 0.5) is 5.69 Å². The third-order valence-electron chi connectivity index (χ3n) is 3.18. The number of hydrogen-bond donors (Lipinski definition) is 1. The van der Waals surface area contributed by atoms with Gasteiger partial charge in [0.05, 0.1) is 11.7 Å². The number of hydrogen-bond acceptors (Lipinski definition) is 4. The van der Waals surface area contributed by atoms with Crippen molar-refractivity contribution in [2.75, 3.05) is 5.73 Å². The van der Waals surface area contributed by atoms with Crippen LogP contribution in [-0.2, 0) is 6.42 Å². The molecule has 0 saturated carbocycles. The van der Waals surface area contributed by atoms with E-state index in [1.165, 1.54) is 11.1 Å². The zero-order chi connectivity index (χ0) is 21.6. The molecule has 0 aliphatic rings. The molecule has 0 saturated heterocycles. The second kappa shape index (κ2) is 14.7. The summed E-state index contributed by atoms with van der Waals surface area (Å²) in [7, 11) is 0. The van der Waals surface area contributed by atoms with Crippen molar-refractivity contribution in [3.63, 3.8) is 0 Å². The second-order valence-electron chi connectivity index (χ2n) is 4.93.